The van der Waals surface area contributed by atoms with Gasteiger partial charge < -0.3 is 10.6 Å². The number of rotatable bonds is 6. The van der Waals surface area contributed by atoms with Crippen molar-refractivity contribution in [2.75, 3.05) is 5.32 Å². The maximum Gasteiger partial charge on any atom is 0.229 e. The topological polar surface area (TPSA) is 121 Å². The lowest BCUT2D eigenvalue weighted by Crippen LogP contribution is -2.53. The fraction of sp³-hybridized carbons (Fsp3) is 0.379. The standard InChI is InChI=1S/C29H28N8O/c30-15-18-4-6-23(7-5-18)33-28-32-17-25-26(34-28)37(36-35-25)24-3-1-2-19(11-24)16-31-27(38)29-12-20-8-21(13-29)10-22(9-20)14-29/h1-7,11,17,20-22H,8-10,12-14,16H2,(H,31,38)(H,32,33,34). The van der Waals surface area contributed by atoms with Gasteiger partial charge in [-0.25, -0.2) is 4.98 Å². The van der Waals surface area contributed by atoms with Gasteiger partial charge in [-0.2, -0.15) is 14.9 Å². The predicted molar refractivity (Wildman–Crippen MR) is 141 cm³/mol. The van der Waals surface area contributed by atoms with Crippen LogP contribution in [0.15, 0.2) is 54.7 Å². The molecule has 1 amide bonds. The Hall–Kier alpha value is -4.32. The van der Waals surface area contributed by atoms with E-state index in [4.69, 9.17) is 5.26 Å². The summed E-state index contributed by atoms with van der Waals surface area (Å²) in [6.45, 7) is 0.488. The molecule has 0 radical (unpaired) electrons. The van der Waals surface area contributed by atoms with Crippen molar-refractivity contribution in [2.24, 2.45) is 23.2 Å². The first kappa shape index (κ1) is 22.8. The molecule has 0 aliphatic heterocycles. The van der Waals surface area contributed by atoms with Crippen molar-refractivity contribution in [3.05, 3.63) is 65.9 Å². The molecule has 2 N–H and O–H groups in total. The number of nitrogens with zero attached hydrogens (tertiary/aromatic N) is 6. The SMILES string of the molecule is N#Cc1ccc(Nc2ncc3nnn(-c4cccc(CNC(=O)C56CC7CC(CC(C7)C5)C6)c4)c3n2)cc1. The average molecular weight is 505 g/mol. The number of nitriles is 1. The number of anilines is 2. The van der Waals surface area contributed by atoms with Crippen LogP contribution in [-0.4, -0.2) is 30.9 Å². The Kier molecular flexibility index (Phi) is 5.36. The van der Waals surface area contributed by atoms with E-state index < -0.39 is 0 Å². The minimum absolute atomic E-state index is 0.149. The third-order valence-corrected chi connectivity index (χ3v) is 8.59. The fourth-order valence-corrected chi connectivity index (χ4v) is 7.28. The molecule has 4 saturated carbocycles. The third kappa shape index (κ3) is 4.06. The molecule has 2 heterocycles. The smallest absolute Gasteiger partial charge is 0.229 e. The Labute approximate surface area is 220 Å². The van der Waals surface area contributed by atoms with Crippen molar-refractivity contribution in [1.82, 2.24) is 30.3 Å². The Balaban J connectivity index is 1.09. The molecular weight excluding hydrogens is 476 g/mol. The summed E-state index contributed by atoms with van der Waals surface area (Å²) in [5.41, 5.74) is 4.19. The highest BCUT2D eigenvalue weighted by molar-refractivity contribution is 5.83. The summed E-state index contributed by atoms with van der Waals surface area (Å²) in [5.74, 6) is 2.88. The van der Waals surface area contributed by atoms with E-state index in [-0.39, 0.29) is 11.3 Å². The molecule has 2 aromatic carbocycles. The molecule has 190 valence electrons. The van der Waals surface area contributed by atoms with E-state index in [1.54, 1.807) is 23.0 Å². The molecule has 4 bridgehead atoms. The van der Waals surface area contributed by atoms with Gasteiger partial charge in [0.25, 0.3) is 0 Å². The lowest BCUT2D eigenvalue weighted by atomic mass is 9.49. The normalized spacial score (nSPS) is 25.3. The molecule has 9 heteroatoms. The van der Waals surface area contributed by atoms with E-state index in [9.17, 15) is 4.79 Å². The number of benzene rings is 2. The minimum atomic E-state index is -0.149. The zero-order valence-corrected chi connectivity index (χ0v) is 21.0. The molecule has 4 aromatic rings. The van der Waals surface area contributed by atoms with Gasteiger partial charge in [0, 0.05) is 17.6 Å². The lowest BCUT2D eigenvalue weighted by Gasteiger charge is -2.55. The zero-order chi connectivity index (χ0) is 25.7. The quantitative estimate of drug-likeness (QED) is 0.392. The second kappa shape index (κ2) is 8.91. The first-order valence-electron chi connectivity index (χ1n) is 13.3. The van der Waals surface area contributed by atoms with E-state index >= 15 is 0 Å². The molecular formula is C29H28N8O. The van der Waals surface area contributed by atoms with Crippen LogP contribution in [0.1, 0.15) is 49.7 Å². The van der Waals surface area contributed by atoms with Gasteiger partial charge in [-0.15, -0.1) is 5.10 Å². The average Bonchev–Trinajstić information content (AvgIpc) is 3.35. The van der Waals surface area contributed by atoms with Gasteiger partial charge >= 0.3 is 0 Å². The van der Waals surface area contributed by atoms with Crippen molar-refractivity contribution >= 4 is 28.7 Å². The number of hydrogen-bond acceptors (Lipinski definition) is 7. The Morgan fingerprint density at radius 1 is 1.05 bits per heavy atom. The molecule has 9 nitrogen and oxygen atoms in total. The molecule has 2 aromatic heterocycles. The summed E-state index contributed by atoms with van der Waals surface area (Å²) in [6, 6.07) is 17.2. The number of fused-ring (bicyclic) bond motifs is 1. The Bertz CT molecular complexity index is 1530. The number of carbonyl (C=O) groups is 1. The van der Waals surface area contributed by atoms with Gasteiger partial charge in [0.15, 0.2) is 11.2 Å². The largest absolute Gasteiger partial charge is 0.352 e. The monoisotopic (exact) mass is 504 g/mol. The molecule has 0 atom stereocenters. The molecule has 8 rings (SSSR count). The van der Waals surface area contributed by atoms with Gasteiger partial charge in [0.05, 0.1) is 23.5 Å². The van der Waals surface area contributed by atoms with Gasteiger partial charge in [0.1, 0.15) is 0 Å². The molecule has 4 aliphatic carbocycles. The second-order valence-corrected chi connectivity index (χ2v) is 11.3. The van der Waals surface area contributed by atoms with Crippen LogP contribution in [0, 0.1) is 34.5 Å². The summed E-state index contributed by atoms with van der Waals surface area (Å²) >= 11 is 0. The van der Waals surface area contributed by atoms with Crippen LogP contribution in [0.2, 0.25) is 0 Å². The van der Waals surface area contributed by atoms with Crippen LogP contribution in [0.4, 0.5) is 11.6 Å². The number of hydrogen-bond donors (Lipinski definition) is 2. The molecule has 4 fully saturated rings. The number of amides is 1. The van der Waals surface area contributed by atoms with E-state index in [1.165, 1.54) is 19.3 Å². The third-order valence-electron chi connectivity index (χ3n) is 8.59. The van der Waals surface area contributed by atoms with Crippen molar-refractivity contribution < 1.29 is 4.79 Å². The summed E-state index contributed by atoms with van der Waals surface area (Å²) in [6.07, 6.45) is 8.81. The van der Waals surface area contributed by atoms with Crippen molar-refractivity contribution in [3.63, 3.8) is 0 Å². The van der Waals surface area contributed by atoms with E-state index in [1.807, 2.05) is 36.4 Å². The zero-order valence-electron chi connectivity index (χ0n) is 21.0. The first-order valence-corrected chi connectivity index (χ1v) is 13.3. The highest BCUT2D eigenvalue weighted by Crippen LogP contribution is 2.60. The number of nitrogens with one attached hydrogen (secondary N) is 2. The van der Waals surface area contributed by atoms with Crippen LogP contribution in [0.25, 0.3) is 16.9 Å². The minimum Gasteiger partial charge on any atom is -0.352 e. The van der Waals surface area contributed by atoms with Gasteiger partial charge in [-0.1, -0.05) is 17.3 Å². The molecule has 0 unspecified atom stereocenters. The van der Waals surface area contributed by atoms with Crippen LogP contribution in [-0.2, 0) is 11.3 Å². The molecule has 0 saturated heterocycles. The van der Waals surface area contributed by atoms with E-state index in [0.717, 1.165) is 54.0 Å². The van der Waals surface area contributed by atoms with Crippen LogP contribution >= 0.6 is 0 Å². The van der Waals surface area contributed by atoms with Crippen molar-refractivity contribution in [2.45, 2.75) is 45.1 Å². The highest BCUT2D eigenvalue weighted by Gasteiger charge is 2.54. The second-order valence-electron chi connectivity index (χ2n) is 11.3. The lowest BCUT2D eigenvalue weighted by molar-refractivity contribution is -0.146. The van der Waals surface area contributed by atoms with E-state index in [2.05, 4.69) is 37.0 Å². The summed E-state index contributed by atoms with van der Waals surface area (Å²) in [7, 11) is 0. The van der Waals surface area contributed by atoms with Crippen LogP contribution in [0.3, 0.4) is 0 Å². The van der Waals surface area contributed by atoms with Crippen LogP contribution in [0.5, 0.6) is 0 Å². The molecule has 4 aliphatic rings. The van der Waals surface area contributed by atoms with Gasteiger partial charge in [-0.05, 0) is 98.2 Å². The van der Waals surface area contributed by atoms with Crippen molar-refractivity contribution in [3.8, 4) is 11.8 Å². The van der Waals surface area contributed by atoms with Gasteiger partial charge in [0.2, 0.25) is 11.9 Å². The maximum atomic E-state index is 13.4. The fourth-order valence-electron chi connectivity index (χ4n) is 7.28. The molecule has 0 spiro atoms. The maximum absolute atomic E-state index is 13.4. The molecule has 38 heavy (non-hydrogen) atoms. The van der Waals surface area contributed by atoms with Gasteiger partial charge in [-0.3, -0.25) is 4.79 Å². The number of carbonyl (C=O) groups excluding carboxylic acids is 1. The van der Waals surface area contributed by atoms with Crippen molar-refractivity contribution in [1.29, 1.82) is 5.26 Å². The summed E-state index contributed by atoms with van der Waals surface area (Å²) in [5, 5.41) is 24.0. The highest BCUT2D eigenvalue weighted by atomic mass is 16.2. The predicted octanol–water partition coefficient (Wildman–Crippen LogP) is 4.66. The summed E-state index contributed by atoms with van der Waals surface area (Å²) < 4.78 is 1.69. The number of aromatic nitrogens is 5. The van der Waals surface area contributed by atoms with E-state index in [0.29, 0.717) is 29.2 Å². The van der Waals surface area contributed by atoms with Crippen LogP contribution < -0.4 is 10.6 Å². The Morgan fingerprint density at radius 3 is 2.50 bits per heavy atom. The Morgan fingerprint density at radius 2 is 1.79 bits per heavy atom. The summed E-state index contributed by atoms with van der Waals surface area (Å²) in [4.78, 5) is 22.4. The first-order chi connectivity index (χ1) is 18.6.